The van der Waals surface area contributed by atoms with Gasteiger partial charge in [0.05, 0.1) is 26.6 Å². The van der Waals surface area contributed by atoms with E-state index >= 15 is 0 Å². The molecule has 0 spiro atoms. The van der Waals surface area contributed by atoms with Gasteiger partial charge in [-0.2, -0.15) is 4.73 Å². The molecule has 1 aromatic heterocycles. The number of hydrogen-bond donors (Lipinski definition) is 0. The normalized spacial score (nSPS) is 13.1. The summed E-state index contributed by atoms with van der Waals surface area (Å²) in [5, 5.41) is 23.9. The van der Waals surface area contributed by atoms with Gasteiger partial charge in [0.15, 0.2) is 11.9 Å². The highest BCUT2D eigenvalue weighted by Gasteiger charge is 2.23. The van der Waals surface area contributed by atoms with Gasteiger partial charge < -0.3 is 15.1 Å². The van der Waals surface area contributed by atoms with Gasteiger partial charge in [-0.15, -0.1) is 0 Å². The third kappa shape index (κ3) is 4.52. The first-order chi connectivity index (χ1) is 9.87. The zero-order chi connectivity index (χ0) is 15.5. The minimum atomic E-state index is -0.362. The molecule has 0 amide bonds. The summed E-state index contributed by atoms with van der Waals surface area (Å²) in [4.78, 5) is 0. The van der Waals surface area contributed by atoms with Crippen LogP contribution in [0.15, 0.2) is 53.1 Å². The lowest BCUT2D eigenvalue weighted by Gasteiger charge is -2.34. The maximum atomic E-state index is 12.0. The van der Waals surface area contributed by atoms with Crippen molar-refractivity contribution >= 4 is 15.9 Å². The Morgan fingerprint density at radius 2 is 1.81 bits per heavy atom. The van der Waals surface area contributed by atoms with Gasteiger partial charge in [0.2, 0.25) is 0 Å². The summed E-state index contributed by atoms with van der Waals surface area (Å²) in [7, 11) is 3.24. The largest absolute Gasteiger partial charge is 0.633 e. The Bertz CT molecular complexity index is 594. The highest BCUT2D eigenvalue weighted by atomic mass is 79.9. The summed E-state index contributed by atoms with van der Waals surface area (Å²) in [5.74, 6) is -0.0804. The minimum Gasteiger partial charge on any atom is -0.633 e. The number of quaternary nitrogens is 1. The summed E-state index contributed by atoms with van der Waals surface area (Å²) in [5.41, 5.74) is 1.72. The predicted octanol–water partition coefficient (Wildman–Crippen LogP) is 3.18. The molecule has 0 aliphatic carbocycles. The first-order valence-electron chi connectivity index (χ1n) is 6.84. The lowest BCUT2D eigenvalue weighted by Crippen LogP contribution is -2.37. The SMILES string of the molecule is C[N+](C)([O-])CCC(c1ccc(Br)cc1)c1cccc[n+]1[O-]. The van der Waals surface area contributed by atoms with Crippen LogP contribution in [0.2, 0.25) is 0 Å². The Kier molecular flexibility index (Phi) is 4.98. The van der Waals surface area contributed by atoms with Crippen LogP contribution in [0.1, 0.15) is 23.6 Å². The number of aromatic nitrogens is 1. The van der Waals surface area contributed by atoms with E-state index in [0.29, 0.717) is 18.7 Å². The molecule has 112 valence electrons. The van der Waals surface area contributed by atoms with Crippen LogP contribution >= 0.6 is 15.9 Å². The van der Waals surface area contributed by atoms with Crippen LogP contribution in [0.4, 0.5) is 0 Å². The van der Waals surface area contributed by atoms with E-state index in [4.69, 9.17) is 0 Å². The molecule has 1 aromatic carbocycles. The molecule has 21 heavy (non-hydrogen) atoms. The molecule has 2 aromatic rings. The van der Waals surface area contributed by atoms with Crippen LogP contribution in [0.5, 0.6) is 0 Å². The number of benzene rings is 1. The second kappa shape index (κ2) is 6.56. The molecule has 1 unspecified atom stereocenters. The third-order valence-electron chi connectivity index (χ3n) is 3.44. The summed E-state index contributed by atoms with van der Waals surface area (Å²) in [6.45, 7) is 0.454. The number of hydrogen-bond acceptors (Lipinski definition) is 2. The molecule has 0 aliphatic heterocycles. The van der Waals surface area contributed by atoms with Crippen molar-refractivity contribution in [3.05, 3.63) is 74.8 Å². The van der Waals surface area contributed by atoms with Crippen molar-refractivity contribution in [2.75, 3.05) is 20.6 Å². The Morgan fingerprint density at radius 3 is 2.38 bits per heavy atom. The van der Waals surface area contributed by atoms with E-state index in [2.05, 4.69) is 15.9 Å². The first-order valence-corrected chi connectivity index (χ1v) is 7.64. The van der Waals surface area contributed by atoms with Crippen molar-refractivity contribution in [2.24, 2.45) is 0 Å². The summed E-state index contributed by atoms with van der Waals surface area (Å²) >= 11 is 3.42. The van der Waals surface area contributed by atoms with Crippen LogP contribution in [0, 0.1) is 10.4 Å². The van der Waals surface area contributed by atoms with Gasteiger partial charge in [0.25, 0.3) is 0 Å². The highest BCUT2D eigenvalue weighted by molar-refractivity contribution is 9.10. The number of nitrogens with zero attached hydrogens (tertiary/aromatic N) is 2. The van der Waals surface area contributed by atoms with Crippen molar-refractivity contribution in [1.82, 2.24) is 0 Å². The minimum absolute atomic E-state index is 0.0804. The van der Waals surface area contributed by atoms with Gasteiger partial charge >= 0.3 is 0 Å². The fourth-order valence-corrected chi connectivity index (χ4v) is 2.60. The van der Waals surface area contributed by atoms with Crippen LogP contribution in [-0.2, 0) is 0 Å². The van der Waals surface area contributed by atoms with Crippen molar-refractivity contribution in [3.63, 3.8) is 0 Å². The molecule has 0 fully saturated rings. The Labute approximate surface area is 133 Å². The maximum absolute atomic E-state index is 12.0. The lowest BCUT2D eigenvalue weighted by molar-refractivity contribution is -0.840. The van der Waals surface area contributed by atoms with Crippen LogP contribution in [0.3, 0.4) is 0 Å². The summed E-state index contributed by atoms with van der Waals surface area (Å²) in [6.07, 6.45) is 2.13. The lowest BCUT2D eigenvalue weighted by atomic mass is 9.91. The fraction of sp³-hybridized carbons (Fsp3) is 0.312. The molecule has 0 saturated heterocycles. The molecule has 0 bridgehead atoms. The van der Waals surface area contributed by atoms with Gasteiger partial charge in [0.1, 0.15) is 0 Å². The topological polar surface area (TPSA) is 50.0 Å². The Balaban J connectivity index is 2.35. The van der Waals surface area contributed by atoms with E-state index in [1.165, 1.54) is 6.20 Å². The summed E-state index contributed by atoms with van der Waals surface area (Å²) in [6, 6.07) is 13.3. The van der Waals surface area contributed by atoms with E-state index in [9.17, 15) is 10.4 Å². The zero-order valence-electron chi connectivity index (χ0n) is 12.2. The average Bonchev–Trinajstić information content (AvgIpc) is 2.41. The van der Waals surface area contributed by atoms with Crippen LogP contribution < -0.4 is 4.73 Å². The van der Waals surface area contributed by atoms with Gasteiger partial charge in [-0.3, -0.25) is 0 Å². The van der Waals surface area contributed by atoms with Gasteiger partial charge in [-0.25, -0.2) is 0 Å². The second-order valence-electron chi connectivity index (χ2n) is 5.64. The number of hydroxylamine groups is 3. The number of pyridine rings is 1. The van der Waals surface area contributed by atoms with E-state index in [1.54, 1.807) is 20.2 Å². The highest BCUT2D eigenvalue weighted by Crippen LogP contribution is 2.27. The molecule has 0 aliphatic rings. The second-order valence-corrected chi connectivity index (χ2v) is 6.56. The molecule has 0 radical (unpaired) electrons. The quantitative estimate of drug-likeness (QED) is 0.360. The van der Waals surface area contributed by atoms with Crippen LogP contribution in [-0.4, -0.2) is 25.3 Å². The van der Waals surface area contributed by atoms with Gasteiger partial charge in [-0.1, -0.05) is 28.1 Å². The average molecular weight is 351 g/mol. The first kappa shape index (κ1) is 15.9. The Hall–Kier alpha value is -1.43. The van der Waals surface area contributed by atoms with Crippen molar-refractivity contribution < 1.29 is 9.38 Å². The molecule has 0 N–H and O–H groups in total. The van der Waals surface area contributed by atoms with Crippen molar-refractivity contribution in [3.8, 4) is 0 Å². The standard InChI is InChI=1S/C16H19BrN2O2/c1-19(2,21)12-10-15(13-6-8-14(17)9-7-13)16-5-3-4-11-18(16)20/h3-9,11,15H,10,12H2,1-2H3. The Morgan fingerprint density at radius 1 is 1.14 bits per heavy atom. The molecule has 4 nitrogen and oxygen atoms in total. The number of rotatable bonds is 5. The molecule has 1 atom stereocenters. The molecule has 5 heteroatoms. The van der Waals surface area contributed by atoms with Gasteiger partial charge in [-0.05, 0) is 23.8 Å². The van der Waals surface area contributed by atoms with Gasteiger partial charge in [0, 0.05) is 23.0 Å². The monoisotopic (exact) mass is 350 g/mol. The smallest absolute Gasteiger partial charge is 0.200 e. The van der Waals surface area contributed by atoms with Crippen molar-refractivity contribution in [2.45, 2.75) is 12.3 Å². The molecule has 0 saturated carbocycles. The molecule has 1 heterocycles. The predicted molar refractivity (Wildman–Crippen MR) is 86.3 cm³/mol. The molecular weight excluding hydrogens is 332 g/mol. The van der Waals surface area contributed by atoms with E-state index in [1.807, 2.05) is 36.4 Å². The third-order valence-corrected chi connectivity index (χ3v) is 3.97. The van der Waals surface area contributed by atoms with Crippen molar-refractivity contribution in [1.29, 1.82) is 0 Å². The number of halogens is 1. The molecule has 2 rings (SSSR count). The zero-order valence-corrected chi connectivity index (χ0v) is 13.8. The molecular formula is C16H19BrN2O2. The summed E-state index contributed by atoms with van der Waals surface area (Å²) < 4.78 is 1.52. The fourth-order valence-electron chi connectivity index (χ4n) is 2.33. The van der Waals surface area contributed by atoms with E-state index < -0.39 is 0 Å². The van der Waals surface area contributed by atoms with E-state index in [0.717, 1.165) is 14.8 Å². The van der Waals surface area contributed by atoms with Crippen LogP contribution in [0.25, 0.3) is 0 Å². The van der Waals surface area contributed by atoms with E-state index in [-0.39, 0.29) is 10.6 Å². The maximum Gasteiger partial charge on any atom is 0.200 e.